The number of benzene rings is 1. The predicted molar refractivity (Wildman–Crippen MR) is 71.0 cm³/mol. The fourth-order valence-corrected chi connectivity index (χ4v) is 2.72. The van der Waals surface area contributed by atoms with E-state index < -0.39 is 9.84 Å². The first-order valence-corrected chi connectivity index (χ1v) is 7.75. The highest BCUT2D eigenvalue weighted by Crippen LogP contribution is 2.19. The van der Waals surface area contributed by atoms with Crippen LogP contribution in [0.4, 0.5) is 0 Å². The molecule has 1 aromatic heterocycles. The van der Waals surface area contributed by atoms with Gasteiger partial charge in [-0.3, -0.25) is 0 Å². The summed E-state index contributed by atoms with van der Waals surface area (Å²) in [5, 5.41) is 1.24. The Morgan fingerprint density at radius 3 is 2.71 bits per heavy atom. The molecule has 17 heavy (non-hydrogen) atoms. The van der Waals surface area contributed by atoms with Crippen LogP contribution in [0.25, 0.3) is 10.9 Å². The van der Waals surface area contributed by atoms with Crippen molar-refractivity contribution in [2.24, 2.45) is 0 Å². The van der Waals surface area contributed by atoms with Gasteiger partial charge in [-0.05, 0) is 31.0 Å². The van der Waals surface area contributed by atoms with E-state index in [1.165, 1.54) is 22.7 Å². The van der Waals surface area contributed by atoms with Crippen LogP contribution < -0.4 is 0 Å². The van der Waals surface area contributed by atoms with E-state index in [1.54, 1.807) is 0 Å². The van der Waals surface area contributed by atoms with Crippen molar-refractivity contribution in [2.75, 3.05) is 12.0 Å². The maximum absolute atomic E-state index is 11.1. The normalized spacial score (nSPS) is 12.1. The lowest BCUT2D eigenvalue weighted by Crippen LogP contribution is -2.06. The monoisotopic (exact) mass is 251 g/mol. The zero-order valence-corrected chi connectivity index (χ0v) is 11.0. The molecule has 0 saturated carbocycles. The molecule has 92 valence electrons. The molecule has 0 aliphatic carbocycles. The van der Waals surface area contributed by atoms with E-state index in [0.717, 1.165) is 6.54 Å². The van der Waals surface area contributed by atoms with Crippen LogP contribution in [0, 0.1) is 6.92 Å². The Morgan fingerprint density at radius 1 is 1.24 bits per heavy atom. The Kier molecular flexibility index (Phi) is 3.24. The second-order valence-corrected chi connectivity index (χ2v) is 6.76. The van der Waals surface area contributed by atoms with Crippen molar-refractivity contribution < 1.29 is 8.42 Å². The zero-order chi connectivity index (χ0) is 12.5. The van der Waals surface area contributed by atoms with E-state index in [2.05, 4.69) is 29.7 Å². The number of nitrogens with zero attached hydrogens (tertiary/aromatic N) is 1. The van der Waals surface area contributed by atoms with E-state index in [-0.39, 0.29) is 5.75 Å². The summed E-state index contributed by atoms with van der Waals surface area (Å²) in [7, 11) is -2.85. The molecule has 0 atom stereocenters. The zero-order valence-electron chi connectivity index (χ0n) is 10.2. The first-order chi connectivity index (χ1) is 7.97. The summed E-state index contributed by atoms with van der Waals surface area (Å²) in [6, 6.07) is 8.28. The van der Waals surface area contributed by atoms with Crippen molar-refractivity contribution in [1.82, 2.24) is 4.57 Å². The van der Waals surface area contributed by atoms with Crippen molar-refractivity contribution in [3.63, 3.8) is 0 Å². The Bertz CT molecular complexity index is 626. The van der Waals surface area contributed by atoms with Gasteiger partial charge in [-0.2, -0.15) is 0 Å². The lowest BCUT2D eigenvalue weighted by molar-refractivity contribution is 0.593. The average Bonchev–Trinajstić information content (AvgIpc) is 2.61. The van der Waals surface area contributed by atoms with E-state index in [4.69, 9.17) is 0 Å². The summed E-state index contributed by atoms with van der Waals surface area (Å²) in [4.78, 5) is 0. The van der Waals surface area contributed by atoms with Crippen LogP contribution in [0.15, 0.2) is 30.5 Å². The second-order valence-electron chi connectivity index (χ2n) is 4.50. The average molecular weight is 251 g/mol. The summed E-state index contributed by atoms with van der Waals surface area (Å²) in [6.45, 7) is 2.84. The van der Waals surface area contributed by atoms with E-state index >= 15 is 0 Å². The highest BCUT2D eigenvalue weighted by molar-refractivity contribution is 7.90. The van der Waals surface area contributed by atoms with Crippen molar-refractivity contribution in [3.05, 3.63) is 36.0 Å². The Hall–Kier alpha value is -1.29. The lowest BCUT2D eigenvalue weighted by Gasteiger charge is -2.05. The minimum Gasteiger partial charge on any atom is -0.347 e. The van der Waals surface area contributed by atoms with E-state index in [9.17, 15) is 8.42 Å². The number of fused-ring (bicyclic) bond motifs is 1. The molecule has 0 saturated heterocycles. The number of sulfone groups is 1. The molecule has 0 spiro atoms. The molecule has 2 aromatic rings. The fourth-order valence-electron chi connectivity index (χ4n) is 2.07. The molecule has 0 aliphatic rings. The molecule has 0 aliphatic heterocycles. The van der Waals surface area contributed by atoms with Crippen molar-refractivity contribution in [3.8, 4) is 0 Å². The summed E-state index contributed by atoms with van der Waals surface area (Å²) in [5.74, 6) is 0.249. The minimum absolute atomic E-state index is 0.249. The minimum atomic E-state index is -2.85. The molecule has 0 radical (unpaired) electrons. The number of aryl methyl sites for hydroxylation is 2. The molecule has 0 bridgehead atoms. The van der Waals surface area contributed by atoms with Crippen molar-refractivity contribution >= 4 is 20.7 Å². The summed E-state index contributed by atoms with van der Waals surface area (Å²) in [6.07, 6.45) is 3.97. The molecular weight excluding hydrogens is 234 g/mol. The van der Waals surface area contributed by atoms with Crippen LogP contribution in [0.3, 0.4) is 0 Å². The van der Waals surface area contributed by atoms with Crippen LogP contribution >= 0.6 is 0 Å². The lowest BCUT2D eigenvalue weighted by atomic mass is 10.1. The fraction of sp³-hybridized carbons (Fsp3) is 0.385. The van der Waals surface area contributed by atoms with Crippen LogP contribution in [-0.2, 0) is 16.4 Å². The van der Waals surface area contributed by atoms with Gasteiger partial charge in [0, 0.05) is 29.9 Å². The smallest absolute Gasteiger partial charge is 0.147 e. The van der Waals surface area contributed by atoms with Crippen molar-refractivity contribution in [1.29, 1.82) is 0 Å². The largest absolute Gasteiger partial charge is 0.347 e. The number of aromatic nitrogens is 1. The Labute approximate surface area is 102 Å². The van der Waals surface area contributed by atoms with Gasteiger partial charge in [0.1, 0.15) is 9.84 Å². The maximum Gasteiger partial charge on any atom is 0.147 e. The summed E-state index contributed by atoms with van der Waals surface area (Å²) < 4.78 is 24.3. The van der Waals surface area contributed by atoms with Gasteiger partial charge in [0.05, 0.1) is 5.75 Å². The first kappa shape index (κ1) is 12.2. The van der Waals surface area contributed by atoms with Crippen LogP contribution in [-0.4, -0.2) is 25.0 Å². The van der Waals surface area contributed by atoms with Gasteiger partial charge in [0.25, 0.3) is 0 Å². The molecule has 1 heterocycles. The van der Waals surface area contributed by atoms with Crippen LogP contribution in [0.2, 0.25) is 0 Å². The predicted octanol–water partition coefficient (Wildman–Crippen LogP) is 2.38. The highest BCUT2D eigenvalue weighted by atomic mass is 32.2. The van der Waals surface area contributed by atoms with Gasteiger partial charge in [-0.25, -0.2) is 8.42 Å². The van der Waals surface area contributed by atoms with Gasteiger partial charge in [-0.15, -0.1) is 0 Å². The van der Waals surface area contributed by atoms with Gasteiger partial charge < -0.3 is 4.57 Å². The van der Waals surface area contributed by atoms with Crippen molar-refractivity contribution in [2.45, 2.75) is 19.9 Å². The molecule has 4 heteroatoms. The number of hydrogen-bond donors (Lipinski definition) is 0. The highest BCUT2D eigenvalue weighted by Gasteiger charge is 2.05. The van der Waals surface area contributed by atoms with Gasteiger partial charge >= 0.3 is 0 Å². The van der Waals surface area contributed by atoms with Gasteiger partial charge in [-0.1, -0.05) is 12.1 Å². The Morgan fingerprint density at radius 2 is 2.00 bits per heavy atom. The molecule has 1 aromatic carbocycles. The van der Waals surface area contributed by atoms with Gasteiger partial charge in [0.2, 0.25) is 0 Å². The quantitative estimate of drug-likeness (QED) is 0.837. The third-order valence-corrected chi connectivity index (χ3v) is 3.98. The maximum atomic E-state index is 11.1. The standard InChI is InChI=1S/C13H17NO2S/c1-11-5-3-6-13-12(11)7-9-14(13)8-4-10-17(2,15)16/h3,5-7,9H,4,8,10H2,1-2H3. The SMILES string of the molecule is Cc1cccc2c1ccn2CCCS(C)(=O)=O. The molecular formula is C13H17NO2S. The third-order valence-electron chi connectivity index (χ3n) is 2.95. The van der Waals surface area contributed by atoms with Crippen LogP contribution in [0.5, 0.6) is 0 Å². The third kappa shape index (κ3) is 2.88. The first-order valence-electron chi connectivity index (χ1n) is 5.69. The van der Waals surface area contributed by atoms with E-state index in [0.29, 0.717) is 6.42 Å². The number of hydrogen-bond acceptors (Lipinski definition) is 2. The molecule has 0 fully saturated rings. The summed E-state index contributed by atoms with van der Waals surface area (Å²) >= 11 is 0. The van der Waals surface area contributed by atoms with E-state index in [1.807, 2.05) is 12.3 Å². The molecule has 0 N–H and O–H groups in total. The molecule has 2 rings (SSSR count). The van der Waals surface area contributed by atoms with Gasteiger partial charge in [0.15, 0.2) is 0 Å². The molecule has 0 unspecified atom stereocenters. The van der Waals surface area contributed by atoms with Crippen LogP contribution in [0.1, 0.15) is 12.0 Å². The topological polar surface area (TPSA) is 39.1 Å². The summed E-state index contributed by atoms with van der Waals surface area (Å²) in [5.41, 5.74) is 2.43. The Balaban J connectivity index is 2.17. The molecule has 3 nitrogen and oxygen atoms in total. The molecule has 0 amide bonds. The second kappa shape index (κ2) is 4.53. The number of rotatable bonds is 4.